The number of anilines is 1. The number of thiophene rings is 1. The summed E-state index contributed by atoms with van der Waals surface area (Å²) in [7, 11) is 1.67. The van der Waals surface area contributed by atoms with Gasteiger partial charge >= 0.3 is 0 Å². The lowest BCUT2D eigenvalue weighted by molar-refractivity contribution is 0.418. The van der Waals surface area contributed by atoms with Gasteiger partial charge in [-0.15, -0.1) is 16.4 Å². The largest absolute Gasteiger partial charge is 0.495 e. The van der Waals surface area contributed by atoms with Crippen LogP contribution < -0.4 is 15.0 Å². The van der Waals surface area contributed by atoms with E-state index in [0.717, 1.165) is 42.0 Å². The third kappa shape index (κ3) is 2.43. The molecule has 7 heteroatoms. The monoisotopic (exact) mass is 279 g/mol. The van der Waals surface area contributed by atoms with Crippen LogP contribution in [0.1, 0.15) is 6.92 Å². The number of nitrogens with one attached hydrogen (secondary N) is 2. The number of ether oxygens (including phenoxy) is 1. The van der Waals surface area contributed by atoms with E-state index in [1.165, 1.54) is 0 Å². The van der Waals surface area contributed by atoms with Crippen LogP contribution in [0.3, 0.4) is 0 Å². The number of H-pyrrole nitrogens is 1. The van der Waals surface area contributed by atoms with Crippen LogP contribution in [0.25, 0.3) is 10.7 Å². The summed E-state index contributed by atoms with van der Waals surface area (Å²) in [5.41, 5.74) is 0. The van der Waals surface area contributed by atoms with E-state index in [9.17, 15) is 0 Å². The van der Waals surface area contributed by atoms with Crippen molar-refractivity contribution in [2.45, 2.75) is 13.0 Å². The fourth-order valence-corrected chi connectivity index (χ4v) is 3.04. The second-order valence-corrected chi connectivity index (χ2v) is 5.52. The van der Waals surface area contributed by atoms with E-state index >= 15 is 0 Å². The van der Waals surface area contributed by atoms with Crippen LogP contribution >= 0.6 is 11.3 Å². The van der Waals surface area contributed by atoms with E-state index in [-0.39, 0.29) is 0 Å². The van der Waals surface area contributed by atoms with Gasteiger partial charge in [-0.25, -0.2) is 0 Å². The van der Waals surface area contributed by atoms with Crippen molar-refractivity contribution >= 4 is 17.3 Å². The molecule has 1 aliphatic rings. The number of aromatic nitrogens is 3. The number of aromatic amines is 1. The smallest absolute Gasteiger partial charge is 0.245 e. The number of hydrogen-bond donors (Lipinski definition) is 2. The van der Waals surface area contributed by atoms with Crippen molar-refractivity contribution in [1.29, 1.82) is 0 Å². The highest BCUT2D eigenvalue weighted by molar-refractivity contribution is 7.13. The molecule has 0 radical (unpaired) electrons. The van der Waals surface area contributed by atoms with Gasteiger partial charge < -0.3 is 15.0 Å². The molecule has 0 spiro atoms. The van der Waals surface area contributed by atoms with Crippen LogP contribution in [0.5, 0.6) is 5.75 Å². The molecule has 1 saturated heterocycles. The van der Waals surface area contributed by atoms with Gasteiger partial charge in [-0.1, -0.05) is 0 Å². The van der Waals surface area contributed by atoms with Gasteiger partial charge in [0, 0.05) is 25.7 Å². The van der Waals surface area contributed by atoms with Crippen LogP contribution in [0, 0.1) is 0 Å². The fraction of sp³-hybridized carbons (Fsp3) is 0.500. The highest BCUT2D eigenvalue weighted by atomic mass is 32.1. The molecular weight excluding hydrogens is 262 g/mol. The van der Waals surface area contributed by atoms with Gasteiger partial charge in [0.2, 0.25) is 5.95 Å². The van der Waals surface area contributed by atoms with Crippen molar-refractivity contribution in [3.05, 3.63) is 11.4 Å². The molecule has 2 aromatic heterocycles. The van der Waals surface area contributed by atoms with E-state index in [1.807, 2.05) is 11.4 Å². The van der Waals surface area contributed by atoms with E-state index in [4.69, 9.17) is 4.74 Å². The minimum Gasteiger partial charge on any atom is -0.495 e. The normalized spacial score (nSPS) is 19.7. The Labute approximate surface area is 115 Å². The molecule has 0 bridgehead atoms. The lowest BCUT2D eigenvalue weighted by atomic mass is 10.2. The van der Waals surface area contributed by atoms with Crippen molar-refractivity contribution in [3.63, 3.8) is 0 Å². The summed E-state index contributed by atoms with van der Waals surface area (Å²) in [6.07, 6.45) is 0. The van der Waals surface area contributed by atoms with Crippen LogP contribution in [-0.2, 0) is 0 Å². The van der Waals surface area contributed by atoms with Crippen molar-refractivity contribution in [2.24, 2.45) is 0 Å². The van der Waals surface area contributed by atoms with Gasteiger partial charge in [0.15, 0.2) is 5.82 Å². The lowest BCUT2D eigenvalue weighted by Gasteiger charge is -2.30. The second kappa shape index (κ2) is 5.18. The van der Waals surface area contributed by atoms with E-state index < -0.39 is 0 Å². The molecule has 0 saturated carbocycles. The Hall–Kier alpha value is -1.60. The molecule has 0 unspecified atom stereocenters. The molecule has 3 heterocycles. The van der Waals surface area contributed by atoms with Gasteiger partial charge in [-0.3, -0.25) is 5.10 Å². The van der Waals surface area contributed by atoms with Gasteiger partial charge in [0.1, 0.15) is 10.6 Å². The summed E-state index contributed by atoms with van der Waals surface area (Å²) >= 11 is 1.60. The van der Waals surface area contributed by atoms with Crippen molar-refractivity contribution in [1.82, 2.24) is 20.5 Å². The Morgan fingerprint density at radius 2 is 2.42 bits per heavy atom. The van der Waals surface area contributed by atoms with Crippen LogP contribution in [0.2, 0.25) is 0 Å². The number of hydrogen-bond acceptors (Lipinski definition) is 6. The van der Waals surface area contributed by atoms with Crippen LogP contribution in [-0.4, -0.2) is 48.0 Å². The highest BCUT2D eigenvalue weighted by Crippen LogP contribution is 2.33. The minimum absolute atomic E-state index is 0.465. The molecule has 1 atom stereocenters. The lowest BCUT2D eigenvalue weighted by Crippen LogP contribution is -2.49. The summed E-state index contributed by atoms with van der Waals surface area (Å²) in [5, 5.41) is 12.7. The molecule has 0 aromatic carbocycles. The fourth-order valence-electron chi connectivity index (χ4n) is 2.24. The Morgan fingerprint density at radius 3 is 3.21 bits per heavy atom. The van der Waals surface area contributed by atoms with Gasteiger partial charge in [0.25, 0.3) is 0 Å². The number of piperazine rings is 1. The molecule has 102 valence electrons. The Kier molecular flexibility index (Phi) is 3.39. The van der Waals surface area contributed by atoms with Crippen LogP contribution in [0.4, 0.5) is 5.95 Å². The van der Waals surface area contributed by atoms with Gasteiger partial charge in [-0.05, 0) is 18.4 Å². The van der Waals surface area contributed by atoms with Crippen molar-refractivity contribution in [3.8, 4) is 16.5 Å². The first-order valence-corrected chi connectivity index (χ1v) is 7.18. The maximum Gasteiger partial charge on any atom is 0.245 e. The molecule has 1 fully saturated rings. The third-order valence-corrected chi connectivity index (χ3v) is 4.09. The molecule has 19 heavy (non-hydrogen) atoms. The highest BCUT2D eigenvalue weighted by Gasteiger charge is 2.20. The topological polar surface area (TPSA) is 66.1 Å². The average Bonchev–Trinajstić information content (AvgIpc) is 3.07. The molecule has 3 rings (SSSR count). The molecule has 0 aliphatic carbocycles. The summed E-state index contributed by atoms with van der Waals surface area (Å²) in [6, 6.07) is 2.40. The predicted molar refractivity (Wildman–Crippen MR) is 75.9 cm³/mol. The maximum absolute atomic E-state index is 5.31. The summed E-state index contributed by atoms with van der Waals surface area (Å²) in [4.78, 5) is 7.77. The quantitative estimate of drug-likeness (QED) is 0.887. The first-order chi connectivity index (χ1) is 9.28. The molecule has 0 amide bonds. The molecule has 6 nitrogen and oxygen atoms in total. The zero-order valence-electron chi connectivity index (χ0n) is 11.0. The third-order valence-electron chi connectivity index (χ3n) is 3.19. The summed E-state index contributed by atoms with van der Waals surface area (Å²) in [5.74, 6) is 2.37. The van der Waals surface area contributed by atoms with Crippen LogP contribution in [0.15, 0.2) is 11.4 Å². The number of methoxy groups -OCH3 is 1. The Bertz CT molecular complexity index is 552. The minimum atomic E-state index is 0.465. The maximum atomic E-state index is 5.31. The van der Waals surface area contributed by atoms with E-state index in [0.29, 0.717) is 6.04 Å². The van der Waals surface area contributed by atoms with Gasteiger partial charge in [0.05, 0.1) is 7.11 Å². The second-order valence-electron chi connectivity index (χ2n) is 4.60. The van der Waals surface area contributed by atoms with Crippen molar-refractivity contribution in [2.75, 3.05) is 31.6 Å². The van der Waals surface area contributed by atoms with Crippen molar-refractivity contribution < 1.29 is 4.74 Å². The standard InChI is InChI=1S/C12H17N5OS/c1-8-7-17(5-4-13-8)12-14-11(15-16-12)10-9(18-2)3-6-19-10/h3,6,8,13H,4-5,7H2,1-2H3,(H,14,15,16)/t8-/m1/s1. The Balaban J connectivity index is 1.83. The molecule has 2 aromatic rings. The Morgan fingerprint density at radius 1 is 1.53 bits per heavy atom. The molecular formula is C12H17N5OS. The molecule has 2 N–H and O–H groups in total. The van der Waals surface area contributed by atoms with Gasteiger partial charge in [-0.2, -0.15) is 4.98 Å². The SMILES string of the molecule is COc1ccsc1-c1nc(N2CCN[C@H](C)C2)n[nH]1. The zero-order valence-corrected chi connectivity index (χ0v) is 11.8. The zero-order chi connectivity index (χ0) is 13.2. The average molecular weight is 279 g/mol. The van der Waals surface area contributed by atoms with E-state index in [1.54, 1.807) is 18.4 Å². The predicted octanol–water partition coefficient (Wildman–Crippen LogP) is 1.34. The van der Waals surface area contributed by atoms with E-state index in [2.05, 4.69) is 32.3 Å². The first kappa shape index (κ1) is 12.4. The number of rotatable bonds is 3. The summed E-state index contributed by atoms with van der Waals surface area (Å²) in [6.45, 7) is 5.00. The summed E-state index contributed by atoms with van der Waals surface area (Å²) < 4.78 is 5.31. The number of nitrogens with zero attached hydrogens (tertiary/aromatic N) is 3. The first-order valence-electron chi connectivity index (χ1n) is 6.30. The molecule has 1 aliphatic heterocycles.